The number of aromatic nitrogens is 2. The molecule has 1 atom stereocenters. The van der Waals surface area contributed by atoms with E-state index in [2.05, 4.69) is 9.97 Å². The molecule has 0 aromatic carbocycles. The van der Waals surface area contributed by atoms with Crippen molar-refractivity contribution < 1.29 is 9.47 Å². The Labute approximate surface area is 83.3 Å². The predicted octanol–water partition coefficient (Wildman–Crippen LogP) is 1.28. The number of ether oxygens (including phenoxy) is 2. The van der Waals surface area contributed by atoms with E-state index in [1.165, 1.54) is 6.42 Å². The van der Waals surface area contributed by atoms with Crippen LogP contribution in [0, 0.1) is 5.92 Å². The Morgan fingerprint density at radius 1 is 1.43 bits per heavy atom. The molecule has 1 aromatic rings. The fourth-order valence-corrected chi connectivity index (χ4v) is 1.49. The van der Waals surface area contributed by atoms with Gasteiger partial charge in [-0.25, -0.2) is 9.97 Å². The summed E-state index contributed by atoms with van der Waals surface area (Å²) in [4.78, 5) is 7.98. The quantitative estimate of drug-likeness (QED) is 0.727. The van der Waals surface area contributed by atoms with Crippen LogP contribution in [-0.2, 0) is 4.74 Å². The third kappa shape index (κ3) is 2.67. The van der Waals surface area contributed by atoms with Crippen LogP contribution in [0.15, 0.2) is 18.5 Å². The van der Waals surface area contributed by atoms with Gasteiger partial charge in [-0.15, -0.1) is 0 Å². The highest BCUT2D eigenvalue weighted by molar-refractivity contribution is 4.93. The smallest absolute Gasteiger partial charge is 0.316 e. The second-order valence-electron chi connectivity index (χ2n) is 3.43. The monoisotopic (exact) mass is 194 g/mol. The largest absolute Gasteiger partial charge is 0.463 e. The molecule has 0 aliphatic carbocycles. The lowest BCUT2D eigenvalue weighted by molar-refractivity contribution is 0.0335. The second-order valence-corrected chi connectivity index (χ2v) is 3.43. The lowest BCUT2D eigenvalue weighted by Gasteiger charge is -2.21. The summed E-state index contributed by atoms with van der Waals surface area (Å²) in [6.45, 7) is 2.34. The molecule has 2 rings (SSSR count). The molecule has 1 aliphatic heterocycles. The first-order chi connectivity index (χ1) is 6.95. The van der Waals surface area contributed by atoms with E-state index in [4.69, 9.17) is 9.47 Å². The highest BCUT2D eigenvalue weighted by atomic mass is 16.5. The van der Waals surface area contributed by atoms with Gasteiger partial charge in [0, 0.05) is 24.9 Å². The van der Waals surface area contributed by atoms with Crippen LogP contribution in [0.3, 0.4) is 0 Å². The van der Waals surface area contributed by atoms with Gasteiger partial charge in [0.2, 0.25) is 0 Å². The topological polar surface area (TPSA) is 44.2 Å². The maximum absolute atomic E-state index is 5.44. The molecule has 0 saturated carbocycles. The van der Waals surface area contributed by atoms with Gasteiger partial charge in [-0.2, -0.15) is 0 Å². The van der Waals surface area contributed by atoms with Crippen molar-refractivity contribution in [3.05, 3.63) is 18.5 Å². The number of hydrogen-bond donors (Lipinski definition) is 0. The van der Waals surface area contributed by atoms with Gasteiger partial charge < -0.3 is 9.47 Å². The molecule has 0 spiro atoms. The first-order valence-corrected chi connectivity index (χ1v) is 4.93. The van der Waals surface area contributed by atoms with E-state index in [0.717, 1.165) is 19.6 Å². The van der Waals surface area contributed by atoms with Crippen LogP contribution in [-0.4, -0.2) is 29.8 Å². The first kappa shape index (κ1) is 9.40. The van der Waals surface area contributed by atoms with Gasteiger partial charge in [0.1, 0.15) is 0 Å². The van der Waals surface area contributed by atoms with Gasteiger partial charge in [0.25, 0.3) is 0 Å². The Kier molecular flexibility index (Phi) is 3.29. The zero-order valence-electron chi connectivity index (χ0n) is 8.06. The summed E-state index contributed by atoms with van der Waals surface area (Å²) >= 11 is 0. The van der Waals surface area contributed by atoms with E-state index in [1.807, 2.05) is 0 Å². The molecule has 1 unspecified atom stereocenters. The van der Waals surface area contributed by atoms with Gasteiger partial charge in [-0.3, -0.25) is 0 Å². The van der Waals surface area contributed by atoms with E-state index in [0.29, 0.717) is 18.5 Å². The molecule has 1 fully saturated rings. The number of rotatable bonds is 3. The predicted molar refractivity (Wildman–Crippen MR) is 51.1 cm³/mol. The van der Waals surface area contributed by atoms with Crippen LogP contribution >= 0.6 is 0 Å². The number of nitrogens with zero attached hydrogens (tertiary/aromatic N) is 2. The fraction of sp³-hybridized carbons (Fsp3) is 0.600. The highest BCUT2D eigenvalue weighted by Crippen LogP contribution is 2.14. The van der Waals surface area contributed by atoms with Crippen LogP contribution < -0.4 is 4.74 Å². The fourth-order valence-electron chi connectivity index (χ4n) is 1.49. The Morgan fingerprint density at radius 2 is 2.29 bits per heavy atom. The average molecular weight is 194 g/mol. The molecular formula is C10H14N2O2. The van der Waals surface area contributed by atoms with E-state index in [-0.39, 0.29) is 0 Å². The zero-order valence-corrected chi connectivity index (χ0v) is 8.06. The summed E-state index contributed by atoms with van der Waals surface area (Å²) in [6, 6.07) is 2.23. The molecule has 76 valence electrons. The molecule has 4 nitrogen and oxygen atoms in total. The minimum Gasteiger partial charge on any atom is -0.463 e. The minimum atomic E-state index is 0.457. The van der Waals surface area contributed by atoms with E-state index in [9.17, 15) is 0 Å². The Hall–Kier alpha value is -1.16. The molecular weight excluding hydrogens is 180 g/mol. The standard InChI is InChI=1S/C10H14N2O2/c1-3-9(7-13-6-1)8-14-10-11-4-2-5-12-10/h2,4-5,9H,1,3,6-8H2. The summed E-state index contributed by atoms with van der Waals surface area (Å²) < 4.78 is 10.8. The van der Waals surface area contributed by atoms with Crippen molar-refractivity contribution in [1.82, 2.24) is 9.97 Å². The highest BCUT2D eigenvalue weighted by Gasteiger charge is 2.14. The molecule has 4 heteroatoms. The molecule has 0 radical (unpaired) electrons. The molecule has 0 bridgehead atoms. The van der Waals surface area contributed by atoms with Crippen molar-refractivity contribution in [3.8, 4) is 6.01 Å². The van der Waals surface area contributed by atoms with Gasteiger partial charge in [0.05, 0.1) is 13.2 Å². The summed E-state index contributed by atoms with van der Waals surface area (Å²) in [6.07, 6.45) is 5.66. The Morgan fingerprint density at radius 3 is 3.00 bits per heavy atom. The molecule has 2 heterocycles. The zero-order chi connectivity index (χ0) is 9.64. The third-order valence-corrected chi connectivity index (χ3v) is 2.24. The molecule has 1 saturated heterocycles. The lowest BCUT2D eigenvalue weighted by Crippen LogP contribution is -2.23. The first-order valence-electron chi connectivity index (χ1n) is 4.93. The normalized spacial score (nSPS) is 21.9. The van der Waals surface area contributed by atoms with Gasteiger partial charge in [-0.1, -0.05) is 0 Å². The maximum atomic E-state index is 5.44. The Bertz CT molecular complexity index is 260. The third-order valence-electron chi connectivity index (χ3n) is 2.24. The second kappa shape index (κ2) is 4.91. The van der Waals surface area contributed by atoms with Crippen LogP contribution in [0.1, 0.15) is 12.8 Å². The van der Waals surface area contributed by atoms with Crippen molar-refractivity contribution >= 4 is 0 Å². The lowest BCUT2D eigenvalue weighted by atomic mass is 10.0. The summed E-state index contributed by atoms with van der Waals surface area (Å²) in [7, 11) is 0. The van der Waals surface area contributed by atoms with Gasteiger partial charge in [-0.05, 0) is 18.9 Å². The van der Waals surface area contributed by atoms with Crippen LogP contribution in [0.25, 0.3) is 0 Å². The van der Waals surface area contributed by atoms with Crippen molar-refractivity contribution in [1.29, 1.82) is 0 Å². The maximum Gasteiger partial charge on any atom is 0.316 e. The SMILES string of the molecule is c1cnc(OCC2CCCOC2)nc1. The van der Waals surface area contributed by atoms with Crippen LogP contribution in [0.5, 0.6) is 6.01 Å². The molecule has 1 aliphatic rings. The van der Waals surface area contributed by atoms with Gasteiger partial charge in [0.15, 0.2) is 0 Å². The van der Waals surface area contributed by atoms with E-state index in [1.54, 1.807) is 18.5 Å². The van der Waals surface area contributed by atoms with Crippen molar-refractivity contribution in [2.45, 2.75) is 12.8 Å². The van der Waals surface area contributed by atoms with E-state index >= 15 is 0 Å². The van der Waals surface area contributed by atoms with Crippen molar-refractivity contribution in [2.24, 2.45) is 5.92 Å². The Balaban J connectivity index is 1.76. The van der Waals surface area contributed by atoms with Gasteiger partial charge >= 0.3 is 6.01 Å². The molecule has 0 amide bonds. The molecule has 14 heavy (non-hydrogen) atoms. The summed E-state index contributed by atoms with van der Waals surface area (Å²) in [5, 5.41) is 0. The van der Waals surface area contributed by atoms with E-state index < -0.39 is 0 Å². The number of hydrogen-bond acceptors (Lipinski definition) is 4. The summed E-state index contributed by atoms with van der Waals surface area (Å²) in [5.41, 5.74) is 0. The van der Waals surface area contributed by atoms with Crippen molar-refractivity contribution in [3.63, 3.8) is 0 Å². The summed E-state index contributed by atoms with van der Waals surface area (Å²) in [5.74, 6) is 0.493. The van der Waals surface area contributed by atoms with Crippen molar-refractivity contribution in [2.75, 3.05) is 19.8 Å². The molecule has 0 N–H and O–H groups in total. The molecule has 1 aromatic heterocycles. The average Bonchev–Trinajstić information content (AvgIpc) is 2.29. The minimum absolute atomic E-state index is 0.457. The van der Waals surface area contributed by atoms with Crippen LogP contribution in [0.2, 0.25) is 0 Å². The van der Waals surface area contributed by atoms with Crippen LogP contribution in [0.4, 0.5) is 0 Å².